The standard InChI is InChI=1S/C15H21N3/c1-15(2)8-13(10-17-3)11-18(15)14-6-4-12(9-16)5-7-14/h4-7,13,17H,8,10-11H2,1-3H3. The molecule has 0 aliphatic carbocycles. The number of nitriles is 1. The molecule has 1 atom stereocenters. The predicted molar refractivity (Wildman–Crippen MR) is 74.6 cm³/mol. The van der Waals surface area contributed by atoms with E-state index in [4.69, 9.17) is 5.26 Å². The van der Waals surface area contributed by atoms with Gasteiger partial charge in [-0.2, -0.15) is 5.26 Å². The first-order valence-electron chi connectivity index (χ1n) is 6.49. The maximum Gasteiger partial charge on any atom is 0.0991 e. The number of nitrogens with one attached hydrogen (secondary N) is 1. The lowest BCUT2D eigenvalue weighted by Crippen LogP contribution is -2.38. The second-order valence-electron chi connectivity index (χ2n) is 5.71. The van der Waals surface area contributed by atoms with Gasteiger partial charge in [-0.25, -0.2) is 0 Å². The van der Waals surface area contributed by atoms with Crippen LogP contribution in [0.15, 0.2) is 24.3 Å². The van der Waals surface area contributed by atoms with E-state index < -0.39 is 0 Å². The Morgan fingerprint density at radius 1 is 1.39 bits per heavy atom. The van der Waals surface area contributed by atoms with Gasteiger partial charge in [0.05, 0.1) is 11.6 Å². The number of hydrogen-bond acceptors (Lipinski definition) is 3. The molecule has 0 amide bonds. The minimum atomic E-state index is 0.190. The van der Waals surface area contributed by atoms with Gasteiger partial charge in [0.25, 0.3) is 0 Å². The van der Waals surface area contributed by atoms with E-state index in [1.54, 1.807) is 0 Å². The summed E-state index contributed by atoms with van der Waals surface area (Å²) in [7, 11) is 2.01. The van der Waals surface area contributed by atoms with Crippen molar-refractivity contribution in [3.8, 4) is 6.07 Å². The Kier molecular flexibility index (Phi) is 3.58. The van der Waals surface area contributed by atoms with Crippen molar-refractivity contribution in [2.75, 3.05) is 25.0 Å². The summed E-state index contributed by atoms with van der Waals surface area (Å²) in [5, 5.41) is 12.1. The molecule has 0 aromatic heterocycles. The highest BCUT2D eigenvalue weighted by atomic mass is 15.2. The fraction of sp³-hybridized carbons (Fsp3) is 0.533. The molecule has 0 saturated carbocycles. The molecule has 2 rings (SSSR count). The lowest BCUT2D eigenvalue weighted by Gasteiger charge is -2.33. The van der Waals surface area contributed by atoms with E-state index in [1.807, 2.05) is 19.2 Å². The highest BCUT2D eigenvalue weighted by Crippen LogP contribution is 2.36. The normalized spacial score (nSPS) is 21.9. The molecule has 18 heavy (non-hydrogen) atoms. The Morgan fingerprint density at radius 3 is 2.61 bits per heavy atom. The molecule has 0 radical (unpaired) electrons. The molecular formula is C15H21N3. The second kappa shape index (κ2) is 4.99. The summed E-state index contributed by atoms with van der Waals surface area (Å²) in [4.78, 5) is 2.45. The number of hydrogen-bond donors (Lipinski definition) is 1. The molecular weight excluding hydrogens is 222 g/mol. The first-order valence-corrected chi connectivity index (χ1v) is 6.49. The molecule has 1 aliphatic heterocycles. The van der Waals surface area contributed by atoms with E-state index in [0.717, 1.165) is 18.7 Å². The van der Waals surface area contributed by atoms with Crippen LogP contribution in [-0.4, -0.2) is 25.7 Å². The van der Waals surface area contributed by atoms with Crippen LogP contribution in [0.3, 0.4) is 0 Å². The Morgan fingerprint density at radius 2 is 2.06 bits per heavy atom. The van der Waals surface area contributed by atoms with E-state index >= 15 is 0 Å². The first kappa shape index (κ1) is 12.9. The van der Waals surface area contributed by atoms with Gasteiger partial charge in [-0.05, 0) is 64.0 Å². The van der Waals surface area contributed by atoms with Crippen LogP contribution in [0.1, 0.15) is 25.8 Å². The smallest absolute Gasteiger partial charge is 0.0991 e. The van der Waals surface area contributed by atoms with Gasteiger partial charge in [-0.3, -0.25) is 0 Å². The zero-order valence-corrected chi connectivity index (χ0v) is 11.4. The van der Waals surface area contributed by atoms with Crippen molar-refractivity contribution in [3.05, 3.63) is 29.8 Å². The van der Waals surface area contributed by atoms with Crippen molar-refractivity contribution in [2.45, 2.75) is 25.8 Å². The Labute approximate surface area is 109 Å². The third kappa shape index (κ3) is 2.49. The van der Waals surface area contributed by atoms with Crippen LogP contribution in [0.4, 0.5) is 5.69 Å². The average Bonchev–Trinajstić information content (AvgIpc) is 2.65. The number of anilines is 1. The summed E-state index contributed by atoms with van der Waals surface area (Å²) in [5.41, 5.74) is 2.13. The van der Waals surface area contributed by atoms with Crippen LogP contribution in [0.25, 0.3) is 0 Å². The summed E-state index contributed by atoms with van der Waals surface area (Å²) < 4.78 is 0. The largest absolute Gasteiger partial charge is 0.366 e. The molecule has 0 spiro atoms. The van der Waals surface area contributed by atoms with Crippen molar-refractivity contribution >= 4 is 5.69 Å². The van der Waals surface area contributed by atoms with Crippen molar-refractivity contribution in [2.24, 2.45) is 5.92 Å². The molecule has 1 fully saturated rings. The Hall–Kier alpha value is -1.53. The molecule has 3 heteroatoms. The summed E-state index contributed by atoms with van der Waals surface area (Å²) in [6, 6.07) is 10.1. The van der Waals surface area contributed by atoms with Crippen molar-refractivity contribution < 1.29 is 0 Å². The van der Waals surface area contributed by atoms with E-state index in [1.165, 1.54) is 12.1 Å². The van der Waals surface area contributed by atoms with E-state index in [0.29, 0.717) is 5.92 Å². The molecule has 1 aromatic rings. The molecule has 1 N–H and O–H groups in total. The van der Waals surface area contributed by atoms with E-state index in [2.05, 4.69) is 42.3 Å². The van der Waals surface area contributed by atoms with Crippen molar-refractivity contribution in [1.29, 1.82) is 5.26 Å². The van der Waals surface area contributed by atoms with Crippen molar-refractivity contribution in [1.82, 2.24) is 5.32 Å². The minimum absolute atomic E-state index is 0.190. The molecule has 96 valence electrons. The molecule has 0 bridgehead atoms. The van der Waals surface area contributed by atoms with E-state index in [-0.39, 0.29) is 5.54 Å². The van der Waals surface area contributed by atoms with Gasteiger partial charge >= 0.3 is 0 Å². The molecule has 1 heterocycles. The lowest BCUT2D eigenvalue weighted by molar-refractivity contribution is 0.462. The molecule has 1 aromatic carbocycles. The average molecular weight is 243 g/mol. The molecule has 1 unspecified atom stereocenters. The zero-order valence-electron chi connectivity index (χ0n) is 11.4. The van der Waals surface area contributed by atoms with Crippen LogP contribution in [0.5, 0.6) is 0 Å². The van der Waals surface area contributed by atoms with Gasteiger partial charge in [-0.15, -0.1) is 0 Å². The van der Waals surface area contributed by atoms with Gasteiger partial charge in [0.2, 0.25) is 0 Å². The fourth-order valence-electron chi connectivity index (χ4n) is 2.98. The second-order valence-corrected chi connectivity index (χ2v) is 5.71. The minimum Gasteiger partial charge on any atom is -0.366 e. The third-order valence-electron chi connectivity index (χ3n) is 3.76. The van der Waals surface area contributed by atoms with Gasteiger partial charge in [-0.1, -0.05) is 0 Å². The first-order chi connectivity index (χ1) is 8.56. The molecule has 1 aliphatic rings. The fourth-order valence-corrected chi connectivity index (χ4v) is 2.98. The maximum atomic E-state index is 8.84. The maximum absolute atomic E-state index is 8.84. The predicted octanol–water partition coefficient (Wildman–Crippen LogP) is 2.38. The summed E-state index contributed by atoms with van der Waals surface area (Å²) in [6.07, 6.45) is 1.20. The summed E-state index contributed by atoms with van der Waals surface area (Å²) in [5.74, 6) is 0.695. The Balaban J connectivity index is 2.19. The van der Waals surface area contributed by atoms with E-state index in [9.17, 15) is 0 Å². The van der Waals surface area contributed by atoms with Gasteiger partial charge in [0.1, 0.15) is 0 Å². The zero-order chi connectivity index (χ0) is 13.2. The van der Waals surface area contributed by atoms with Gasteiger partial charge < -0.3 is 10.2 Å². The lowest BCUT2D eigenvalue weighted by atomic mass is 9.96. The number of benzene rings is 1. The monoisotopic (exact) mass is 243 g/mol. The van der Waals surface area contributed by atoms with Crippen LogP contribution >= 0.6 is 0 Å². The summed E-state index contributed by atoms with van der Waals surface area (Å²) >= 11 is 0. The third-order valence-corrected chi connectivity index (χ3v) is 3.76. The SMILES string of the molecule is CNCC1CN(c2ccc(C#N)cc2)C(C)(C)C1. The van der Waals surface area contributed by atoms with Gasteiger partial charge in [0.15, 0.2) is 0 Å². The topological polar surface area (TPSA) is 39.1 Å². The highest BCUT2D eigenvalue weighted by molar-refractivity contribution is 5.52. The van der Waals surface area contributed by atoms with Gasteiger partial charge in [0, 0.05) is 17.8 Å². The van der Waals surface area contributed by atoms with Crippen LogP contribution in [0.2, 0.25) is 0 Å². The van der Waals surface area contributed by atoms with Crippen LogP contribution < -0.4 is 10.2 Å². The molecule has 3 nitrogen and oxygen atoms in total. The number of nitrogens with zero attached hydrogens (tertiary/aromatic N) is 2. The number of rotatable bonds is 3. The molecule has 1 saturated heterocycles. The highest BCUT2D eigenvalue weighted by Gasteiger charge is 2.37. The quantitative estimate of drug-likeness (QED) is 0.886. The Bertz CT molecular complexity index is 442. The van der Waals surface area contributed by atoms with Crippen LogP contribution in [-0.2, 0) is 0 Å². The van der Waals surface area contributed by atoms with Crippen molar-refractivity contribution in [3.63, 3.8) is 0 Å². The van der Waals surface area contributed by atoms with Crippen LogP contribution in [0, 0.1) is 17.2 Å². The summed E-state index contributed by atoms with van der Waals surface area (Å²) in [6.45, 7) is 6.73.